The number of nitrogens with one attached hydrogen (secondary N) is 2. The van der Waals surface area contributed by atoms with Gasteiger partial charge in [0.2, 0.25) is 0 Å². The predicted octanol–water partition coefficient (Wildman–Crippen LogP) is 2.79. The Labute approximate surface area is 221 Å². The van der Waals surface area contributed by atoms with Gasteiger partial charge in [0.25, 0.3) is 5.56 Å². The Morgan fingerprint density at radius 2 is 1.85 bits per heavy atom. The van der Waals surface area contributed by atoms with Crippen LogP contribution in [0.2, 0.25) is 0 Å². The molecule has 0 saturated heterocycles. The molecule has 0 aliphatic carbocycles. The lowest BCUT2D eigenvalue weighted by Crippen LogP contribution is -2.28. The van der Waals surface area contributed by atoms with Crippen LogP contribution in [0.1, 0.15) is 19.0 Å². The van der Waals surface area contributed by atoms with Gasteiger partial charge in [0.05, 0.1) is 38.6 Å². The SMILES string of the molecule is COc1cc(OC)cc(-c2nc(-c3nc(/C(=C/NCC(O)CC(F)(F)F)C(C)=N)cnc3N)cn(C)c2=O)c1. The Balaban J connectivity index is 2.04. The third-order valence-corrected chi connectivity index (χ3v) is 5.49. The van der Waals surface area contributed by atoms with Crippen molar-refractivity contribution in [2.24, 2.45) is 7.05 Å². The molecule has 0 fully saturated rings. The number of hydrogen-bond acceptors (Lipinski definition) is 10. The number of nitrogens with zero attached hydrogens (tertiary/aromatic N) is 4. The van der Waals surface area contributed by atoms with Gasteiger partial charge in [-0.3, -0.25) is 4.79 Å². The molecule has 1 unspecified atom stereocenters. The lowest BCUT2D eigenvalue weighted by Gasteiger charge is -2.14. The average molecular weight is 548 g/mol. The summed E-state index contributed by atoms with van der Waals surface area (Å²) in [5.41, 5.74) is 6.89. The fraction of sp³-hybridized carbons (Fsp3) is 0.320. The summed E-state index contributed by atoms with van der Waals surface area (Å²) in [7, 11) is 4.49. The maximum absolute atomic E-state index is 13.0. The molecule has 39 heavy (non-hydrogen) atoms. The number of aliphatic hydroxyl groups is 1. The molecule has 208 valence electrons. The number of anilines is 1. The topological polar surface area (TPSA) is 161 Å². The van der Waals surface area contributed by atoms with Gasteiger partial charge in [-0.2, -0.15) is 13.2 Å². The number of nitrogens with two attached hydrogens (primary N) is 1. The number of aliphatic hydroxyl groups excluding tert-OH is 1. The number of nitrogen functional groups attached to an aromatic ring is 1. The standard InChI is InChI=1S/C25H28F3N7O4/c1-13(29)18(10-31-9-15(36)8-25(26,27)28)19-11-32-23(30)22(33-19)20-12-35(2)24(37)21(34-20)14-5-16(38-3)7-17(6-14)39-4/h5-7,10-12,15,29,31,36H,8-9H2,1-4H3,(H2,30,32)/b18-10+,29-13?. The van der Waals surface area contributed by atoms with Crippen molar-refractivity contribution in [3.63, 3.8) is 0 Å². The number of alkyl halides is 3. The Hall–Kier alpha value is -4.46. The molecule has 2 heterocycles. The number of benzene rings is 1. The molecule has 0 aliphatic rings. The lowest BCUT2D eigenvalue weighted by molar-refractivity contribution is -0.152. The normalized spacial score (nSPS) is 12.7. The predicted molar refractivity (Wildman–Crippen MR) is 140 cm³/mol. The fourth-order valence-electron chi connectivity index (χ4n) is 3.58. The highest BCUT2D eigenvalue weighted by Gasteiger charge is 2.30. The van der Waals surface area contributed by atoms with E-state index >= 15 is 0 Å². The Kier molecular flexibility index (Phi) is 8.91. The van der Waals surface area contributed by atoms with Crippen molar-refractivity contribution in [2.45, 2.75) is 25.6 Å². The Morgan fingerprint density at radius 3 is 2.41 bits per heavy atom. The molecular weight excluding hydrogens is 519 g/mol. The first kappa shape index (κ1) is 29.1. The molecule has 3 rings (SSSR count). The van der Waals surface area contributed by atoms with Crippen LogP contribution in [-0.4, -0.2) is 63.4 Å². The number of allylic oxidation sites excluding steroid dienone is 1. The molecule has 0 aliphatic heterocycles. The zero-order valence-electron chi connectivity index (χ0n) is 21.6. The maximum atomic E-state index is 13.0. The van der Waals surface area contributed by atoms with E-state index in [0.29, 0.717) is 17.1 Å². The lowest BCUT2D eigenvalue weighted by atomic mass is 10.1. The molecule has 1 atom stereocenters. The van der Waals surface area contributed by atoms with Gasteiger partial charge in [-0.05, 0) is 19.1 Å². The highest BCUT2D eigenvalue weighted by atomic mass is 19.4. The van der Waals surface area contributed by atoms with Crippen LogP contribution in [0.25, 0.3) is 28.2 Å². The monoisotopic (exact) mass is 547 g/mol. The minimum absolute atomic E-state index is 0.00499. The van der Waals surface area contributed by atoms with Gasteiger partial charge in [-0.1, -0.05) is 0 Å². The van der Waals surface area contributed by atoms with E-state index in [9.17, 15) is 23.1 Å². The van der Waals surface area contributed by atoms with E-state index in [-0.39, 0.29) is 39.9 Å². The number of ether oxygens (including phenoxy) is 2. The van der Waals surface area contributed by atoms with Crippen LogP contribution in [0.4, 0.5) is 19.0 Å². The number of methoxy groups -OCH3 is 2. The van der Waals surface area contributed by atoms with E-state index in [4.69, 9.17) is 20.6 Å². The summed E-state index contributed by atoms with van der Waals surface area (Å²) in [6.45, 7) is 1.05. The molecule has 2 aromatic heterocycles. The van der Waals surface area contributed by atoms with Gasteiger partial charge >= 0.3 is 6.18 Å². The molecular formula is C25H28F3N7O4. The summed E-state index contributed by atoms with van der Waals surface area (Å²) in [5, 5.41) is 20.3. The van der Waals surface area contributed by atoms with Crippen LogP contribution in [-0.2, 0) is 7.05 Å². The number of hydrogen-bond donors (Lipinski definition) is 4. The van der Waals surface area contributed by atoms with E-state index in [1.165, 1.54) is 51.4 Å². The summed E-state index contributed by atoms with van der Waals surface area (Å²) >= 11 is 0. The molecule has 11 nitrogen and oxygen atoms in total. The van der Waals surface area contributed by atoms with Gasteiger partial charge in [0, 0.05) is 48.9 Å². The quantitative estimate of drug-likeness (QED) is 0.280. The second kappa shape index (κ2) is 11.9. The van der Waals surface area contributed by atoms with Gasteiger partial charge < -0.3 is 35.6 Å². The summed E-state index contributed by atoms with van der Waals surface area (Å²) < 4.78 is 49.4. The molecule has 0 bridgehead atoms. The zero-order chi connectivity index (χ0) is 28.9. The van der Waals surface area contributed by atoms with Gasteiger partial charge in [-0.15, -0.1) is 0 Å². The van der Waals surface area contributed by atoms with Crippen molar-refractivity contribution in [3.8, 4) is 34.1 Å². The molecule has 0 amide bonds. The number of aryl methyl sites for hydroxylation is 1. The summed E-state index contributed by atoms with van der Waals surface area (Å²) in [4.78, 5) is 26.1. The van der Waals surface area contributed by atoms with E-state index in [2.05, 4.69) is 20.3 Å². The van der Waals surface area contributed by atoms with Crippen LogP contribution in [0.3, 0.4) is 0 Å². The smallest absolute Gasteiger partial charge is 0.391 e. The van der Waals surface area contributed by atoms with Gasteiger partial charge in [-0.25, -0.2) is 15.0 Å². The van der Waals surface area contributed by atoms with E-state index in [1.54, 1.807) is 18.2 Å². The van der Waals surface area contributed by atoms with Crippen molar-refractivity contribution in [2.75, 3.05) is 26.5 Å². The molecule has 14 heteroatoms. The molecule has 1 aromatic carbocycles. The number of halogens is 3. The van der Waals surface area contributed by atoms with Crippen molar-refractivity contribution in [1.29, 1.82) is 5.41 Å². The highest BCUT2D eigenvalue weighted by molar-refractivity contribution is 6.20. The minimum Gasteiger partial charge on any atom is -0.497 e. The van der Waals surface area contributed by atoms with E-state index < -0.39 is 30.8 Å². The Bertz CT molecular complexity index is 1430. The summed E-state index contributed by atoms with van der Waals surface area (Å²) in [5.74, 6) is 0.891. The van der Waals surface area contributed by atoms with E-state index in [0.717, 1.165) is 0 Å². The first-order valence-electron chi connectivity index (χ1n) is 11.5. The summed E-state index contributed by atoms with van der Waals surface area (Å²) in [6.07, 6.45) is -3.57. The first-order chi connectivity index (χ1) is 18.3. The largest absolute Gasteiger partial charge is 0.497 e. The van der Waals surface area contributed by atoms with Crippen LogP contribution in [0.15, 0.2) is 41.6 Å². The highest BCUT2D eigenvalue weighted by Crippen LogP contribution is 2.29. The van der Waals surface area contributed by atoms with Crippen LogP contribution in [0, 0.1) is 5.41 Å². The molecule has 5 N–H and O–H groups in total. The molecule has 3 aromatic rings. The average Bonchev–Trinajstić information content (AvgIpc) is 2.87. The second-order valence-corrected chi connectivity index (χ2v) is 8.55. The van der Waals surface area contributed by atoms with Crippen LogP contribution < -0.4 is 26.1 Å². The number of aromatic nitrogens is 4. The third kappa shape index (κ3) is 7.31. The maximum Gasteiger partial charge on any atom is 0.391 e. The van der Waals surface area contributed by atoms with Crippen molar-refractivity contribution >= 4 is 17.1 Å². The third-order valence-electron chi connectivity index (χ3n) is 5.49. The van der Waals surface area contributed by atoms with Crippen molar-refractivity contribution in [3.05, 3.63) is 52.8 Å². The van der Waals surface area contributed by atoms with Crippen LogP contribution >= 0.6 is 0 Å². The van der Waals surface area contributed by atoms with Crippen molar-refractivity contribution in [1.82, 2.24) is 24.8 Å². The fourth-order valence-corrected chi connectivity index (χ4v) is 3.58. The van der Waals surface area contributed by atoms with Gasteiger partial charge in [0.15, 0.2) is 5.82 Å². The zero-order valence-corrected chi connectivity index (χ0v) is 21.6. The van der Waals surface area contributed by atoms with Crippen molar-refractivity contribution < 1.29 is 27.8 Å². The molecule has 0 radical (unpaired) electrons. The Morgan fingerprint density at radius 1 is 1.21 bits per heavy atom. The molecule has 0 spiro atoms. The van der Waals surface area contributed by atoms with Gasteiger partial charge in [0.1, 0.15) is 28.6 Å². The second-order valence-electron chi connectivity index (χ2n) is 8.55. The number of rotatable bonds is 10. The summed E-state index contributed by atoms with van der Waals surface area (Å²) in [6, 6.07) is 4.90. The molecule has 0 saturated carbocycles. The van der Waals surface area contributed by atoms with E-state index in [1.807, 2.05) is 0 Å². The first-order valence-corrected chi connectivity index (χ1v) is 11.5. The minimum atomic E-state index is -4.51. The van der Waals surface area contributed by atoms with Crippen LogP contribution in [0.5, 0.6) is 11.5 Å².